The van der Waals surface area contributed by atoms with Gasteiger partial charge in [-0.3, -0.25) is 0 Å². The SMILES string of the molecule is N#Cc1cc2c(nc1SCc1cn3cc(Cl)ccc3n1)CCCC2. The predicted molar refractivity (Wildman–Crippen MR) is 95.4 cm³/mol. The molecular weight excluding hydrogens is 340 g/mol. The molecule has 3 aromatic rings. The largest absolute Gasteiger partial charge is 0.305 e. The zero-order valence-electron chi connectivity index (χ0n) is 13.0. The Hall–Kier alpha value is -2.03. The molecule has 0 saturated carbocycles. The minimum absolute atomic E-state index is 0.674. The summed E-state index contributed by atoms with van der Waals surface area (Å²) in [7, 11) is 0. The fourth-order valence-corrected chi connectivity index (χ4v) is 4.06. The number of rotatable bonds is 3. The fraction of sp³-hybridized carbons (Fsp3) is 0.278. The first-order chi connectivity index (χ1) is 11.7. The number of hydrogen-bond acceptors (Lipinski definition) is 4. The molecule has 0 saturated heterocycles. The van der Waals surface area contributed by atoms with E-state index in [-0.39, 0.29) is 0 Å². The van der Waals surface area contributed by atoms with Gasteiger partial charge in [0.2, 0.25) is 0 Å². The Balaban J connectivity index is 1.59. The van der Waals surface area contributed by atoms with Crippen LogP contribution in [0.2, 0.25) is 5.02 Å². The van der Waals surface area contributed by atoms with Crippen molar-refractivity contribution in [2.45, 2.75) is 36.5 Å². The zero-order valence-corrected chi connectivity index (χ0v) is 14.6. The van der Waals surface area contributed by atoms with E-state index >= 15 is 0 Å². The van der Waals surface area contributed by atoms with Gasteiger partial charge in [-0.1, -0.05) is 23.4 Å². The maximum Gasteiger partial charge on any atom is 0.137 e. The van der Waals surface area contributed by atoms with Gasteiger partial charge < -0.3 is 4.40 Å². The summed E-state index contributed by atoms with van der Waals surface area (Å²) < 4.78 is 1.92. The maximum atomic E-state index is 9.42. The average Bonchev–Trinajstić information content (AvgIpc) is 3.01. The van der Waals surface area contributed by atoms with Gasteiger partial charge in [0.25, 0.3) is 0 Å². The molecule has 3 heterocycles. The van der Waals surface area contributed by atoms with E-state index in [4.69, 9.17) is 16.6 Å². The Morgan fingerprint density at radius 3 is 2.96 bits per heavy atom. The molecule has 3 aromatic heterocycles. The smallest absolute Gasteiger partial charge is 0.137 e. The molecule has 0 unspecified atom stereocenters. The van der Waals surface area contributed by atoms with E-state index in [2.05, 4.69) is 11.1 Å². The number of pyridine rings is 2. The molecule has 0 amide bonds. The van der Waals surface area contributed by atoms with Gasteiger partial charge in [-0.15, -0.1) is 0 Å². The number of nitriles is 1. The second-order valence-electron chi connectivity index (χ2n) is 5.90. The Bertz CT molecular complexity index is 958. The quantitative estimate of drug-likeness (QED) is 0.653. The van der Waals surface area contributed by atoms with Crippen LogP contribution in [0.1, 0.15) is 35.4 Å². The molecule has 0 atom stereocenters. The normalized spacial score (nSPS) is 13.7. The van der Waals surface area contributed by atoms with Crippen molar-refractivity contribution >= 4 is 29.0 Å². The molecule has 0 radical (unpaired) electrons. The Morgan fingerprint density at radius 2 is 2.08 bits per heavy atom. The number of fused-ring (bicyclic) bond motifs is 2. The maximum absolute atomic E-state index is 9.42. The van der Waals surface area contributed by atoms with Gasteiger partial charge in [0, 0.05) is 23.8 Å². The van der Waals surface area contributed by atoms with E-state index < -0.39 is 0 Å². The van der Waals surface area contributed by atoms with Crippen LogP contribution in [0, 0.1) is 11.3 Å². The number of halogens is 1. The lowest BCUT2D eigenvalue weighted by Crippen LogP contribution is -2.07. The van der Waals surface area contributed by atoms with Crippen molar-refractivity contribution < 1.29 is 0 Å². The van der Waals surface area contributed by atoms with Crippen molar-refractivity contribution in [3.8, 4) is 6.07 Å². The highest BCUT2D eigenvalue weighted by atomic mass is 35.5. The summed E-state index contributed by atoms with van der Waals surface area (Å²) in [4.78, 5) is 9.34. The summed E-state index contributed by atoms with van der Waals surface area (Å²) in [5.41, 5.74) is 4.89. The van der Waals surface area contributed by atoms with E-state index in [9.17, 15) is 5.26 Å². The molecule has 120 valence electrons. The summed E-state index contributed by atoms with van der Waals surface area (Å²) in [5, 5.41) is 10.9. The molecule has 4 nitrogen and oxygen atoms in total. The zero-order chi connectivity index (χ0) is 16.5. The van der Waals surface area contributed by atoms with Crippen LogP contribution >= 0.6 is 23.4 Å². The van der Waals surface area contributed by atoms with Crippen molar-refractivity contribution in [3.05, 3.63) is 58.1 Å². The monoisotopic (exact) mass is 354 g/mol. The van der Waals surface area contributed by atoms with Crippen LogP contribution in [-0.2, 0) is 18.6 Å². The Morgan fingerprint density at radius 1 is 1.21 bits per heavy atom. The van der Waals surface area contributed by atoms with Gasteiger partial charge in [0.15, 0.2) is 0 Å². The highest BCUT2D eigenvalue weighted by Crippen LogP contribution is 2.29. The molecule has 0 N–H and O–H groups in total. The van der Waals surface area contributed by atoms with Gasteiger partial charge >= 0.3 is 0 Å². The van der Waals surface area contributed by atoms with Gasteiger partial charge in [0.05, 0.1) is 16.3 Å². The number of hydrogen-bond donors (Lipinski definition) is 0. The van der Waals surface area contributed by atoms with Crippen LogP contribution in [0.4, 0.5) is 0 Å². The summed E-state index contributed by atoms with van der Waals surface area (Å²) in [6.45, 7) is 0. The average molecular weight is 355 g/mol. The van der Waals surface area contributed by atoms with Gasteiger partial charge in [-0.2, -0.15) is 5.26 Å². The molecule has 0 bridgehead atoms. The third-order valence-corrected chi connectivity index (χ3v) is 5.46. The van der Waals surface area contributed by atoms with Crippen molar-refractivity contribution in [1.82, 2.24) is 14.4 Å². The minimum Gasteiger partial charge on any atom is -0.305 e. The topological polar surface area (TPSA) is 54.0 Å². The van der Waals surface area contributed by atoms with E-state index in [1.54, 1.807) is 11.8 Å². The predicted octanol–water partition coefficient (Wildman–Crippen LogP) is 4.43. The Labute approximate surface area is 149 Å². The van der Waals surface area contributed by atoms with Crippen LogP contribution in [0.5, 0.6) is 0 Å². The molecule has 24 heavy (non-hydrogen) atoms. The van der Waals surface area contributed by atoms with Crippen molar-refractivity contribution in [3.63, 3.8) is 0 Å². The highest BCUT2D eigenvalue weighted by Gasteiger charge is 2.16. The van der Waals surface area contributed by atoms with Crippen LogP contribution in [-0.4, -0.2) is 14.4 Å². The number of aromatic nitrogens is 3. The van der Waals surface area contributed by atoms with E-state index in [1.807, 2.05) is 35.0 Å². The van der Waals surface area contributed by atoms with Crippen molar-refractivity contribution in [2.24, 2.45) is 0 Å². The second kappa shape index (κ2) is 6.46. The van der Waals surface area contributed by atoms with Gasteiger partial charge in [-0.25, -0.2) is 9.97 Å². The molecule has 0 aliphatic heterocycles. The fourth-order valence-electron chi connectivity index (χ4n) is 3.03. The lowest BCUT2D eigenvalue weighted by molar-refractivity contribution is 0.660. The first-order valence-electron chi connectivity index (χ1n) is 7.92. The number of nitrogens with zero attached hydrogens (tertiary/aromatic N) is 4. The first-order valence-corrected chi connectivity index (χ1v) is 9.28. The summed E-state index contributed by atoms with van der Waals surface area (Å²) in [6.07, 6.45) is 8.24. The molecule has 0 spiro atoms. The van der Waals surface area contributed by atoms with Crippen molar-refractivity contribution in [1.29, 1.82) is 5.26 Å². The molecule has 6 heteroatoms. The first kappa shape index (κ1) is 15.5. The van der Waals surface area contributed by atoms with Crippen LogP contribution < -0.4 is 0 Å². The summed E-state index contributed by atoms with van der Waals surface area (Å²) in [6, 6.07) is 8.04. The molecule has 1 aliphatic carbocycles. The molecule has 4 rings (SSSR count). The highest BCUT2D eigenvalue weighted by molar-refractivity contribution is 7.98. The van der Waals surface area contributed by atoms with Crippen LogP contribution in [0.15, 0.2) is 35.6 Å². The van der Waals surface area contributed by atoms with E-state index in [0.717, 1.165) is 34.9 Å². The molecule has 0 fully saturated rings. The van der Waals surface area contributed by atoms with Crippen molar-refractivity contribution in [2.75, 3.05) is 0 Å². The summed E-state index contributed by atoms with van der Waals surface area (Å²) in [5.74, 6) is 0.680. The molecule has 0 aromatic carbocycles. The van der Waals surface area contributed by atoms with Gasteiger partial charge in [-0.05, 0) is 49.4 Å². The number of thioether (sulfide) groups is 1. The molecule has 1 aliphatic rings. The lowest BCUT2D eigenvalue weighted by Gasteiger charge is -2.16. The van der Waals surface area contributed by atoms with Gasteiger partial charge in [0.1, 0.15) is 16.7 Å². The van der Waals surface area contributed by atoms with E-state index in [1.165, 1.54) is 18.4 Å². The lowest BCUT2D eigenvalue weighted by atomic mass is 9.95. The minimum atomic E-state index is 0.674. The number of aryl methyl sites for hydroxylation is 2. The van der Waals surface area contributed by atoms with Crippen LogP contribution in [0.25, 0.3) is 5.65 Å². The summed E-state index contributed by atoms with van der Waals surface area (Å²) >= 11 is 7.58. The Kier molecular flexibility index (Phi) is 4.17. The van der Waals surface area contributed by atoms with Crippen LogP contribution in [0.3, 0.4) is 0 Å². The third kappa shape index (κ3) is 3.00. The molecular formula is C18H15ClN4S. The van der Waals surface area contributed by atoms with E-state index in [0.29, 0.717) is 16.3 Å². The standard InChI is InChI=1S/C18H15ClN4S/c19-14-5-6-17-21-15(10-23(17)9-14)11-24-18-13(8-20)7-12-3-1-2-4-16(12)22-18/h5-7,9-10H,1-4,11H2. The third-order valence-electron chi connectivity index (χ3n) is 4.21. The number of imidazole rings is 1. The second-order valence-corrected chi connectivity index (χ2v) is 7.30.